The second-order valence-electron chi connectivity index (χ2n) is 4.81. The Hall–Kier alpha value is -1.29. The Morgan fingerprint density at radius 1 is 1.32 bits per heavy atom. The van der Waals surface area contributed by atoms with Crippen molar-refractivity contribution in [1.29, 1.82) is 0 Å². The lowest BCUT2D eigenvalue weighted by molar-refractivity contribution is -0.131. The van der Waals surface area contributed by atoms with Crippen LogP contribution >= 0.6 is 11.6 Å². The molecule has 0 aromatic carbocycles. The Morgan fingerprint density at radius 2 is 2.05 bits per heavy atom. The molecule has 1 fully saturated rings. The van der Waals surface area contributed by atoms with Gasteiger partial charge in [-0.2, -0.15) is 0 Å². The topological polar surface area (TPSA) is 36.4 Å². The Bertz CT molecular complexity index is 413. The third-order valence-corrected chi connectivity index (χ3v) is 3.64. The van der Waals surface area contributed by atoms with Crippen LogP contribution in [0.15, 0.2) is 18.3 Å². The summed E-state index contributed by atoms with van der Waals surface area (Å²) < 4.78 is 0. The van der Waals surface area contributed by atoms with Crippen LogP contribution in [0.1, 0.15) is 26.2 Å². The van der Waals surface area contributed by atoms with Gasteiger partial charge in [0.2, 0.25) is 5.91 Å². The molecule has 1 amide bonds. The molecule has 0 unspecified atom stereocenters. The number of anilines is 1. The Kier molecular flexibility index (Phi) is 5.02. The Balaban J connectivity index is 1.85. The van der Waals surface area contributed by atoms with Crippen LogP contribution in [0.5, 0.6) is 0 Å². The maximum Gasteiger partial charge on any atom is 0.222 e. The van der Waals surface area contributed by atoms with Gasteiger partial charge in [0.15, 0.2) is 0 Å². The maximum absolute atomic E-state index is 11.9. The highest BCUT2D eigenvalue weighted by atomic mass is 35.5. The van der Waals surface area contributed by atoms with Gasteiger partial charge < -0.3 is 9.80 Å². The van der Waals surface area contributed by atoms with Gasteiger partial charge in [0.1, 0.15) is 5.82 Å². The number of nitrogens with zero attached hydrogens (tertiary/aromatic N) is 3. The van der Waals surface area contributed by atoms with E-state index in [0.717, 1.165) is 44.8 Å². The smallest absolute Gasteiger partial charge is 0.222 e. The Labute approximate surface area is 119 Å². The molecule has 1 aliphatic rings. The summed E-state index contributed by atoms with van der Waals surface area (Å²) in [6, 6.07) is 3.78. The molecule has 5 heteroatoms. The molecule has 1 aromatic rings. The summed E-state index contributed by atoms with van der Waals surface area (Å²) in [6.07, 6.45) is 4.39. The van der Waals surface area contributed by atoms with Crippen molar-refractivity contribution in [3.63, 3.8) is 0 Å². The van der Waals surface area contributed by atoms with Crippen LogP contribution < -0.4 is 4.90 Å². The van der Waals surface area contributed by atoms with Gasteiger partial charge in [0.25, 0.3) is 0 Å². The molecule has 4 nitrogen and oxygen atoms in total. The molecule has 0 radical (unpaired) electrons. The second-order valence-corrected chi connectivity index (χ2v) is 5.24. The normalized spacial score (nSPS) is 15.7. The van der Waals surface area contributed by atoms with E-state index in [-0.39, 0.29) is 5.91 Å². The second kappa shape index (κ2) is 6.75. The van der Waals surface area contributed by atoms with Crippen LogP contribution in [0.2, 0.25) is 5.02 Å². The molecular weight excluding hydrogens is 262 g/mol. The molecule has 2 rings (SSSR count). The highest BCUT2D eigenvalue weighted by Gasteiger charge is 2.21. The zero-order chi connectivity index (χ0) is 13.7. The Morgan fingerprint density at radius 3 is 2.63 bits per heavy atom. The SMILES string of the molecule is CCCCC(=O)N1CCN(c2ccc(Cl)cn2)CC1. The van der Waals surface area contributed by atoms with E-state index < -0.39 is 0 Å². The van der Waals surface area contributed by atoms with E-state index in [1.807, 2.05) is 17.0 Å². The van der Waals surface area contributed by atoms with Gasteiger partial charge in [-0.3, -0.25) is 4.79 Å². The molecule has 0 N–H and O–H groups in total. The summed E-state index contributed by atoms with van der Waals surface area (Å²) in [5.41, 5.74) is 0. The van der Waals surface area contributed by atoms with Crippen LogP contribution in [0.25, 0.3) is 0 Å². The van der Waals surface area contributed by atoms with E-state index in [4.69, 9.17) is 11.6 Å². The van der Waals surface area contributed by atoms with Crippen LogP contribution in [-0.4, -0.2) is 42.0 Å². The monoisotopic (exact) mass is 281 g/mol. The molecule has 1 aliphatic heterocycles. The van der Waals surface area contributed by atoms with Crippen molar-refractivity contribution in [2.24, 2.45) is 0 Å². The first-order chi connectivity index (χ1) is 9.20. The van der Waals surface area contributed by atoms with Gasteiger partial charge in [-0.1, -0.05) is 24.9 Å². The molecule has 0 spiro atoms. The molecule has 1 saturated heterocycles. The molecule has 1 aromatic heterocycles. The average molecular weight is 282 g/mol. The van der Waals surface area contributed by atoms with Crippen molar-refractivity contribution < 1.29 is 4.79 Å². The quantitative estimate of drug-likeness (QED) is 0.851. The maximum atomic E-state index is 11.9. The zero-order valence-corrected chi connectivity index (χ0v) is 12.1. The first-order valence-electron chi connectivity index (χ1n) is 6.85. The fraction of sp³-hybridized carbons (Fsp3) is 0.571. The number of hydrogen-bond donors (Lipinski definition) is 0. The number of piperazine rings is 1. The number of aromatic nitrogens is 1. The summed E-state index contributed by atoms with van der Waals surface area (Å²) in [6.45, 7) is 5.36. The molecule has 0 aliphatic carbocycles. The van der Waals surface area contributed by atoms with E-state index >= 15 is 0 Å². The molecule has 0 bridgehead atoms. The minimum absolute atomic E-state index is 0.283. The number of rotatable bonds is 4. The van der Waals surface area contributed by atoms with Gasteiger partial charge in [-0.05, 0) is 18.6 Å². The van der Waals surface area contributed by atoms with Crippen molar-refractivity contribution in [2.45, 2.75) is 26.2 Å². The van der Waals surface area contributed by atoms with Gasteiger partial charge in [0, 0.05) is 38.8 Å². The fourth-order valence-electron chi connectivity index (χ4n) is 2.23. The third-order valence-electron chi connectivity index (χ3n) is 3.41. The largest absolute Gasteiger partial charge is 0.353 e. The van der Waals surface area contributed by atoms with Crippen LogP contribution in [0.4, 0.5) is 5.82 Å². The number of carbonyl (C=O) groups excluding carboxylic acids is 1. The number of carbonyl (C=O) groups is 1. The molecule has 0 atom stereocenters. The van der Waals surface area contributed by atoms with Crippen molar-refractivity contribution in [1.82, 2.24) is 9.88 Å². The molecule has 19 heavy (non-hydrogen) atoms. The van der Waals surface area contributed by atoms with E-state index in [2.05, 4.69) is 16.8 Å². The summed E-state index contributed by atoms with van der Waals surface area (Å²) in [5, 5.41) is 0.650. The minimum atomic E-state index is 0.283. The zero-order valence-electron chi connectivity index (χ0n) is 11.3. The number of halogens is 1. The van der Waals surface area contributed by atoms with Crippen LogP contribution in [0, 0.1) is 0 Å². The first kappa shape index (κ1) is 14.1. The van der Waals surface area contributed by atoms with Crippen molar-refractivity contribution in [3.05, 3.63) is 23.4 Å². The minimum Gasteiger partial charge on any atom is -0.353 e. The summed E-state index contributed by atoms with van der Waals surface area (Å²) in [5.74, 6) is 1.22. The third kappa shape index (κ3) is 3.83. The van der Waals surface area contributed by atoms with Gasteiger partial charge in [-0.25, -0.2) is 4.98 Å². The summed E-state index contributed by atoms with van der Waals surface area (Å²) in [7, 11) is 0. The van der Waals surface area contributed by atoms with Crippen molar-refractivity contribution in [3.8, 4) is 0 Å². The van der Waals surface area contributed by atoms with Crippen LogP contribution in [-0.2, 0) is 4.79 Å². The van der Waals surface area contributed by atoms with Crippen molar-refractivity contribution >= 4 is 23.3 Å². The summed E-state index contributed by atoms with van der Waals surface area (Å²) >= 11 is 5.83. The highest BCUT2D eigenvalue weighted by molar-refractivity contribution is 6.30. The summed E-state index contributed by atoms with van der Waals surface area (Å²) in [4.78, 5) is 20.4. The lowest BCUT2D eigenvalue weighted by Crippen LogP contribution is -2.49. The molecule has 2 heterocycles. The van der Waals surface area contributed by atoms with Gasteiger partial charge in [-0.15, -0.1) is 0 Å². The highest BCUT2D eigenvalue weighted by Crippen LogP contribution is 2.16. The van der Waals surface area contributed by atoms with E-state index in [1.165, 1.54) is 0 Å². The molecular formula is C14H20ClN3O. The fourth-order valence-corrected chi connectivity index (χ4v) is 2.34. The van der Waals surface area contributed by atoms with Gasteiger partial charge >= 0.3 is 0 Å². The predicted molar refractivity (Wildman–Crippen MR) is 77.6 cm³/mol. The number of pyridine rings is 1. The van der Waals surface area contributed by atoms with Gasteiger partial charge in [0.05, 0.1) is 5.02 Å². The number of amides is 1. The van der Waals surface area contributed by atoms with Crippen LogP contribution in [0.3, 0.4) is 0 Å². The number of hydrogen-bond acceptors (Lipinski definition) is 3. The lowest BCUT2D eigenvalue weighted by atomic mass is 10.2. The van der Waals surface area contributed by atoms with E-state index in [9.17, 15) is 4.79 Å². The lowest BCUT2D eigenvalue weighted by Gasteiger charge is -2.35. The molecule has 0 saturated carbocycles. The number of unbranched alkanes of at least 4 members (excludes halogenated alkanes) is 1. The van der Waals surface area contributed by atoms with Crippen molar-refractivity contribution in [2.75, 3.05) is 31.1 Å². The average Bonchev–Trinajstić information content (AvgIpc) is 2.46. The first-order valence-corrected chi connectivity index (χ1v) is 7.23. The van der Waals surface area contributed by atoms with E-state index in [1.54, 1.807) is 6.20 Å². The molecule has 104 valence electrons. The standard InChI is InChI=1S/C14H20ClN3O/c1-2-3-4-14(19)18-9-7-17(8-10-18)13-6-5-12(15)11-16-13/h5-6,11H,2-4,7-10H2,1H3. The predicted octanol–water partition coefficient (Wildman–Crippen LogP) is 2.57. The van der Waals surface area contributed by atoms with E-state index in [0.29, 0.717) is 11.4 Å².